The summed E-state index contributed by atoms with van der Waals surface area (Å²) in [6, 6.07) is 7.45. The van der Waals surface area contributed by atoms with E-state index in [-0.39, 0.29) is 18.2 Å². The molecule has 0 aliphatic carbocycles. The fraction of sp³-hybridized carbons (Fsp3) is 0.385. The molecule has 5 nitrogen and oxygen atoms in total. The first kappa shape index (κ1) is 15.5. The van der Waals surface area contributed by atoms with Crippen molar-refractivity contribution in [2.24, 2.45) is 0 Å². The maximum Gasteiger partial charge on any atom is 0.223 e. The predicted octanol–water partition coefficient (Wildman–Crippen LogP) is 1.47. The molecule has 0 aliphatic heterocycles. The highest BCUT2D eigenvalue weighted by molar-refractivity contribution is 9.10. The van der Waals surface area contributed by atoms with Gasteiger partial charge in [-0.3, -0.25) is 9.59 Å². The van der Waals surface area contributed by atoms with E-state index in [1.54, 1.807) is 0 Å². The lowest BCUT2D eigenvalue weighted by molar-refractivity contribution is -0.122. The smallest absolute Gasteiger partial charge is 0.223 e. The third-order valence-electron chi connectivity index (χ3n) is 2.22. The third-order valence-corrected chi connectivity index (χ3v) is 2.71. The average Bonchev–Trinajstić information content (AvgIpc) is 2.34. The maximum atomic E-state index is 11.4. The van der Waals surface area contributed by atoms with Crippen LogP contribution < -0.4 is 15.4 Å². The van der Waals surface area contributed by atoms with Crippen LogP contribution in [0.15, 0.2) is 28.7 Å². The van der Waals surface area contributed by atoms with Crippen LogP contribution in [0.4, 0.5) is 0 Å². The Morgan fingerprint density at radius 1 is 1.26 bits per heavy atom. The Morgan fingerprint density at radius 2 is 2.00 bits per heavy atom. The number of carbonyl (C=O) groups excluding carboxylic acids is 2. The van der Waals surface area contributed by atoms with Gasteiger partial charge < -0.3 is 15.4 Å². The summed E-state index contributed by atoms with van der Waals surface area (Å²) < 4.78 is 6.38. The van der Waals surface area contributed by atoms with Crippen LogP contribution in [0.2, 0.25) is 0 Å². The molecule has 0 aromatic heterocycles. The topological polar surface area (TPSA) is 67.4 Å². The molecule has 6 heteroatoms. The normalized spacial score (nSPS) is 9.79. The van der Waals surface area contributed by atoms with Gasteiger partial charge in [-0.05, 0) is 18.2 Å². The van der Waals surface area contributed by atoms with Crippen molar-refractivity contribution < 1.29 is 14.3 Å². The molecule has 0 fully saturated rings. The summed E-state index contributed by atoms with van der Waals surface area (Å²) in [5.74, 6) is 0.521. The van der Waals surface area contributed by atoms with Gasteiger partial charge in [0.15, 0.2) is 0 Å². The SMILES string of the molecule is CC(=O)NCCNC(=O)CCOc1cccc(Br)c1. The molecule has 0 saturated heterocycles. The van der Waals surface area contributed by atoms with E-state index in [1.807, 2.05) is 24.3 Å². The lowest BCUT2D eigenvalue weighted by Gasteiger charge is -2.07. The molecule has 0 heterocycles. The first-order valence-electron chi connectivity index (χ1n) is 5.97. The Balaban J connectivity index is 2.12. The van der Waals surface area contributed by atoms with Gasteiger partial charge in [-0.1, -0.05) is 22.0 Å². The number of hydrogen-bond donors (Lipinski definition) is 2. The number of rotatable bonds is 7. The molecule has 1 aromatic carbocycles. The van der Waals surface area contributed by atoms with Crippen molar-refractivity contribution in [1.82, 2.24) is 10.6 Å². The summed E-state index contributed by atoms with van der Waals surface area (Å²) in [6.07, 6.45) is 0.284. The summed E-state index contributed by atoms with van der Waals surface area (Å²) in [5.41, 5.74) is 0. The van der Waals surface area contributed by atoms with Crippen LogP contribution in [-0.2, 0) is 9.59 Å². The van der Waals surface area contributed by atoms with Crippen LogP contribution in [0.5, 0.6) is 5.75 Å². The zero-order valence-corrected chi connectivity index (χ0v) is 12.3. The van der Waals surface area contributed by atoms with Gasteiger partial charge in [0.05, 0.1) is 13.0 Å². The van der Waals surface area contributed by atoms with Crippen LogP contribution >= 0.6 is 15.9 Å². The predicted molar refractivity (Wildman–Crippen MR) is 75.9 cm³/mol. The Kier molecular flexibility index (Phi) is 6.95. The minimum absolute atomic E-state index is 0.0969. The molecule has 0 aliphatic rings. The first-order chi connectivity index (χ1) is 9.08. The molecular weight excluding hydrogens is 312 g/mol. The molecule has 0 atom stereocenters. The second-order valence-corrected chi connectivity index (χ2v) is 4.80. The Labute approximate surface area is 120 Å². The van der Waals surface area contributed by atoms with E-state index in [2.05, 4.69) is 26.6 Å². The lowest BCUT2D eigenvalue weighted by atomic mass is 10.3. The van der Waals surface area contributed by atoms with Gasteiger partial charge in [-0.15, -0.1) is 0 Å². The zero-order chi connectivity index (χ0) is 14.1. The molecule has 1 rings (SSSR count). The van der Waals surface area contributed by atoms with Crippen LogP contribution in [0.3, 0.4) is 0 Å². The van der Waals surface area contributed by atoms with Crippen molar-refractivity contribution in [1.29, 1.82) is 0 Å². The number of halogens is 1. The van der Waals surface area contributed by atoms with Gasteiger partial charge in [0.2, 0.25) is 11.8 Å². The molecule has 0 spiro atoms. The van der Waals surface area contributed by atoms with Crippen molar-refractivity contribution in [3.05, 3.63) is 28.7 Å². The molecule has 19 heavy (non-hydrogen) atoms. The molecule has 0 radical (unpaired) electrons. The molecule has 2 N–H and O–H groups in total. The minimum Gasteiger partial charge on any atom is -0.493 e. The minimum atomic E-state index is -0.104. The van der Waals surface area contributed by atoms with Crippen molar-refractivity contribution in [3.63, 3.8) is 0 Å². The quantitative estimate of drug-likeness (QED) is 0.745. The molecular formula is C13H17BrN2O3. The lowest BCUT2D eigenvalue weighted by Crippen LogP contribution is -2.34. The van der Waals surface area contributed by atoms with E-state index in [4.69, 9.17) is 4.74 Å². The summed E-state index contributed by atoms with van der Waals surface area (Å²) in [4.78, 5) is 22.0. The Hall–Kier alpha value is -1.56. The van der Waals surface area contributed by atoms with Crippen molar-refractivity contribution >= 4 is 27.7 Å². The number of hydrogen-bond acceptors (Lipinski definition) is 3. The monoisotopic (exact) mass is 328 g/mol. The summed E-state index contributed by atoms with van der Waals surface area (Å²) in [6.45, 7) is 2.62. The summed E-state index contributed by atoms with van der Waals surface area (Å²) in [7, 11) is 0. The molecule has 1 aromatic rings. The summed E-state index contributed by atoms with van der Waals surface area (Å²) in [5, 5.41) is 5.29. The van der Waals surface area contributed by atoms with Crippen molar-refractivity contribution in [2.45, 2.75) is 13.3 Å². The number of carbonyl (C=O) groups is 2. The maximum absolute atomic E-state index is 11.4. The van der Waals surface area contributed by atoms with E-state index < -0.39 is 0 Å². The van der Waals surface area contributed by atoms with E-state index in [1.165, 1.54) is 6.92 Å². The van der Waals surface area contributed by atoms with Crippen LogP contribution in [0.25, 0.3) is 0 Å². The van der Waals surface area contributed by atoms with E-state index in [0.717, 1.165) is 10.2 Å². The van der Waals surface area contributed by atoms with Crippen molar-refractivity contribution in [3.8, 4) is 5.75 Å². The number of nitrogens with one attached hydrogen (secondary N) is 2. The van der Waals surface area contributed by atoms with Gasteiger partial charge in [-0.25, -0.2) is 0 Å². The van der Waals surface area contributed by atoms with Gasteiger partial charge in [-0.2, -0.15) is 0 Å². The molecule has 104 valence electrons. The average molecular weight is 329 g/mol. The van der Waals surface area contributed by atoms with Crippen LogP contribution in [0, 0.1) is 0 Å². The fourth-order valence-corrected chi connectivity index (χ4v) is 1.73. The molecule has 0 unspecified atom stereocenters. The van der Waals surface area contributed by atoms with E-state index >= 15 is 0 Å². The van der Waals surface area contributed by atoms with E-state index in [9.17, 15) is 9.59 Å². The third kappa shape index (κ3) is 7.46. The molecule has 0 saturated carbocycles. The second kappa shape index (κ2) is 8.53. The van der Waals surface area contributed by atoms with Crippen LogP contribution in [-0.4, -0.2) is 31.5 Å². The second-order valence-electron chi connectivity index (χ2n) is 3.89. The van der Waals surface area contributed by atoms with Crippen LogP contribution in [0.1, 0.15) is 13.3 Å². The number of benzene rings is 1. The highest BCUT2D eigenvalue weighted by Crippen LogP contribution is 2.17. The molecule has 0 bridgehead atoms. The standard InChI is InChI=1S/C13H17BrN2O3/c1-10(17)15-6-7-16-13(18)5-8-19-12-4-2-3-11(14)9-12/h2-4,9H,5-8H2,1H3,(H,15,17)(H,16,18). The highest BCUT2D eigenvalue weighted by Gasteiger charge is 2.02. The van der Waals surface area contributed by atoms with Gasteiger partial charge in [0.25, 0.3) is 0 Å². The number of amides is 2. The zero-order valence-electron chi connectivity index (χ0n) is 10.7. The van der Waals surface area contributed by atoms with Gasteiger partial charge in [0, 0.05) is 24.5 Å². The first-order valence-corrected chi connectivity index (χ1v) is 6.77. The summed E-state index contributed by atoms with van der Waals surface area (Å²) >= 11 is 3.34. The number of ether oxygens (including phenoxy) is 1. The fourth-order valence-electron chi connectivity index (χ4n) is 1.35. The van der Waals surface area contributed by atoms with Gasteiger partial charge in [0.1, 0.15) is 5.75 Å². The van der Waals surface area contributed by atoms with E-state index in [0.29, 0.717) is 19.7 Å². The Morgan fingerprint density at radius 3 is 2.68 bits per heavy atom. The van der Waals surface area contributed by atoms with Crippen molar-refractivity contribution in [2.75, 3.05) is 19.7 Å². The largest absolute Gasteiger partial charge is 0.493 e. The molecule has 2 amide bonds. The Bertz CT molecular complexity index is 438. The van der Waals surface area contributed by atoms with Gasteiger partial charge >= 0.3 is 0 Å². The highest BCUT2D eigenvalue weighted by atomic mass is 79.9.